The predicted molar refractivity (Wildman–Crippen MR) is 99.4 cm³/mol. The van der Waals surface area contributed by atoms with Crippen LogP contribution >= 0.6 is 0 Å². The lowest BCUT2D eigenvalue weighted by molar-refractivity contribution is 0.575. The van der Waals surface area contributed by atoms with E-state index in [-0.39, 0.29) is 10.8 Å². The van der Waals surface area contributed by atoms with Crippen LogP contribution in [0.3, 0.4) is 0 Å². The van der Waals surface area contributed by atoms with Gasteiger partial charge in [0, 0.05) is 0 Å². The molecule has 0 amide bonds. The number of hydrogen-bond donors (Lipinski definition) is 0. The van der Waals surface area contributed by atoms with Crippen LogP contribution in [0.5, 0.6) is 0 Å². The van der Waals surface area contributed by atoms with Crippen molar-refractivity contribution in [2.75, 3.05) is 0 Å². The Labute approximate surface area is 137 Å². The molecule has 2 aromatic carbocycles. The Morgan fingerprint density at radius 2 is 1.18 bits per heavy atom. The zero-order valence-corrected chi connectivity index (χ0v) is 14.9. The fraction of sp³-hybridized carbons (Fsp3) is 0.429. The minimum absolute atomic E-state index is 0.157. The molecule has 2 aromatic rings. The second-order valence-corrected chi connectivity index (χ2v) is 8.16. The van der Waals surface area contributed by atoms with E-state index >= 15 is 0 Å². The largest absolute Gasteiger partial charge is 0.157 e. The van der Waals surface area contributed by atoms with E-state index in [4.69, 9.17) is 0 Å². The zero-order valence-electron chi connectivity index (χ0n) is 14.9. The van der Waals surface area contributed by atoms with Gasteiger partial charge in [-0.15, -0.1) is 0 Å². The van der Waals surface area contributed by atoms with E-state index in [1.54, 1.807) is 0 Å². The minimum atomic E-state index is 0.157. The highest BCUT2D eigenvalue weighted by Gasteiger charge is 2.24. The van der Waals surface area contributed by atoms with Crippen LogP contribution in [0.25, 0.3) is 0 Å². The molecule has 115 valence electrons. The summed E-state index contributed by atoms with van der Waals surface area (Å²) in [6.45, 7) is 13.8. The lowest BCUT2D eigenvalue weighted by Crippen LogP contribution is -2.35. The molecular formula is C21H28B. The lowest BCUT2D eigenvalue weighted by atomic mass is 9.57. The molecule has 0 aliphatic rings. The maximum absolute atomic E-state index is 2.41. The first-order valence-corrected chi connectivity index (χ1v) is 8.21. The molecule has 22 heavy (non-hydrogen) atoms. The van der Waals surface area contributed by atoms with Gasteiger partial charge in [-0.2, -0.15) is 0 Å². The molecular weight excluding hydrogens is 263 g/mol. The van der Waals surface area contributed by atoms with E-state index in [0.717, 1.165) is 6.32 Å². The zero-order chi connectivity index (χ0) is 16.4. The summed E-state index contributed by atoms with van der Waals surface area (Å²) in [5, 5.41) is 0. The summed E-state index contributed by atoms with van der Waals surface area (Å²) in [7, 11) is 2.41. The maximum atomic E-state index is 2.41. The number of hydrogen-bond acceptors (Lipinski definition) is 0. The van der Waals surface area contributed by atoms with Crippen molar-refractivity contribution in [3.05, 3.63) is 65.2 Å². The predicted octanol–water partition coefficient (Wildman–Crippen LogP) is 4.81. The summed E-state index contributed by atoms with van der Waals surface area (Å²) in [6.07, 6.45) is 0.983. The third kappa shape index (κ3) is 4.03. The van der Waals surface area contributed by atoms with Gasteiger partial charge in [-0.3, -0.25) is 0 Å². The Morgan fingerprint density at radius 1 is 0.682 bits per heavy atom. The summed E-state index contributed by atoms with van der Waals surface area (Å²) in [5.41, 5.74) is 5.98. The van der Waals surface area contributed by atoms with Gasteiger partial charge in [0.25, 0.3) is 0 Å². The van der Waals surface area contributed by atoms with E-state index in [1.807, 2.05) is 0 Å². The Morgan fingerprint density at radius 3 is 1.64 bits per heavy atom. The van der Waals surface area contributed by atoms with Crippen LogP contribution in [-0.4, -0.2) is 7.28 Å². The van der Waals surface area contributed by atoms with Gasteiger partial charge in [0.2, 0.25) is 0 Å². The molecule has 0 N–H and O–H groups in total. The van der Waals surface area contributed by atoms with E-state index in [9.17, 15) is 0 Å². The van der Waals surface area contributed by atoms with Crippen molar-refractivity contribution < 1.29 is 0 Å². The normalized spacial score (nSPS) is 12.3. The summed E-state index contributed by atoms with van der Waals surface area (Å²) in [6, 6.07) is 17.5. The molecule has 0 heterocycles. The SMILES string of the molecule is CC(C)(C)c1cccc(C(C)(C)C)c1[B]Cc1ccccc1. The molecule has 0 aliphatic heterocycles. The molecule has 0 nitrogen and oxygen atoms in total. The molecule has 0 saturated heterocycles. The Balaban J connectivity index is 2.42. The van der Waals surface area contributed by atoms with Crippen molar-refractivity contribution in [1.29, 1.82) is 0 Å². The van der Waals surface area contributed by atoms with E-state index < -0.39 is 0 Å². The average molecular weight is 291 g/mol. The third-order valence-electron chi connectivity index (χ3n) is 4.11. The molecule has 1 heteroatoms. The van der Waals surface area contributed by atoms with Crippen LogP contribution in [0, 0.1) is 0 Å². The van der Waals surface area contributed by atoms with Gasteiger partial charge >= 0.3 is 0 Å². The second kappa shape index (κ2) is 6.32. The smallest absolute Gasteiger partial charge is 0.0801 e. The third-order valence-corrected chi connectivity index (χ3v) is 4.11. The van der Waals surface area contributed by atoms with Gasteiger partial charge in [0.15, 0.2) is 7.28 Å². The van der Waals surface area contributed by atoms with Crippen LogP contribution in [0.1, 0.15) is 58.2 Å². The first-order valence-electron chi connectivity index (χ1n) is 8.21. The highest BCUT2D eigenvalue weighted by atomic mass is 14.3. The molecule has 0 atom stereocenters. The molecule has 0 spiro atoms. The van der Waals surface area contributed by atoms with Crippen LogP contribution in [0.4, 0.5) is 0 Å². The lowest BCUT2D eigenvalue weighted by Gasteiger charge is -2.30. The Kier molecular flexibility index (Phi) is 4.85. The Hall–Kier alpha value is -1.50. The standard InChI is InChI=1S/C21H28B/c1-20(2,3)17-13-10-14-18(21(4,5)6)19(17)22-15-16-11-8-7-9-12-16/h7-14H,15H2,1-6H3. The van der Waals surface area contributed by atoms with Crippen LogP contribution < -0.4 is 5.46 Å². The summed E-state index contributed by atoms with van der Waals surface area (Å²) >= 11 is 0. The molecule has 0 unspecified atom stereocenters. The maximum Gasteiger partial charge on any atom is 0.157 e. The van der Waals surface area contributed by atoms with Gasteiger partial charge in [0.1, 0.15) is 0 Å². The van der Waals surface area contributed by atoms with Crippen LogP contribution in [-0.2, 0) is 17.2 Å². The minimum Gasteiger partial charge on any atom is -0.0801 e. The summed E-state index contributed by atoms with van der Waals surface area (Å²) in [4.78, 5) is 0. The van der Waals surface area contributed by atoms with E-state index in [0.29, 0.717) is 0 Å². The Bertz CT molecular complexity index is 580. The monoisotopic (exact) mass is 291 g/mol. The quantitative estimate of drug-likeness (QED) is 0.712. The van der Waals surface area contributed by atoms with Gasteiger partial charge in [0.05, 0.1) is 0 Å². The highest BCUT2D eigenvalue weighted by molar-refractivity contribution is 6.54. The van der Waals surface area contributed by atoms with E-state index in [2.05, 4.69) is 97.4 Å². The van der Waals surface area contributed by atoms with Crippen molar-refractivity contribution in [3.8, 4) is 0 Å². The van der Waals surface area contributed by atoms with Crippen LogP contribution in [0.2, 0.25) is 0 Å². The fourth-order valence-corrected chi connectivity index (χ4v) is 2.93. The topological polar surface area (TPSA) is 0 Å². The molecule has 0 aromatic heterocycles. The van der Waals surface area contributed by atoms with Crippen molar-refractivity contribution in [1.82, 2.24) is 0 Å². The van der Waals surface area contributed by atoms with Crippen molar-refractivity contribution in [2.24, 2.45) is 0 Å². The van der Waals surface area contributed by atoms with Crippen molar-refractivity contribution in [2.45, 2.75) is 58.7 Å². The molecule has 0 bridgehead atoms. The first kappa shape index (κ1) is 16.9. The molecule has 1 radical (unpaired) electrons. The highest BCUT2D eigenvalue weighted by Crippen LogP contribution is 2.26. The van der Waals surface area contributed by atoms with Crippen molar-refractivity contribution in [3.63, 3.8) is 0 Å². The second-order valence-electron chi connectivity index (χ2n) is 8.16. The fourth-order valence-electron chi connectivity index (χ4n) is 2.93. The van der Waals surface area contributed by atoms with Crippen LogP contribution in [0.15, 0.2) is 48.5 Å². The summed E-state index contributed by atoms with van der Waals surface area (Å²) in [5.74, 6) is 0. The number of rotatable bonds is 3. The molecule has 0 aliphatic carbocycles. The molecule has 2 rings (SSSR count). The first-order chi connectivity index (χ1) is 10.2. The average Bonchev–Trinajstić information content (AvgIpc) is 2.44. The van der Waals surface area contributed by atoms with Gasteiger partial charge < -0.3 is 0 Å². The molecule has 0 saturated carbocycles. The molecule has 0 fully saturated rings. The van der Waals surface area contributed by atoms with Crippen molar-refractivity contribution >= 4 is 12.7 Å². The number of benzene rings is 2. The van der Waals surface area contributed by atoms with Gasteiger partial charge in [-0.25, -0.2) is 0 Å². The van der Waals surface area contributed by atoms with Gasteiger partial charge in [-0.1, -0.05) is 101 Å². The summed E-state index contributed by atoms with van der Waals surface area (Å²) < 4.78 is 0. The van der Waals surface area contributed by atoms with E-state index in [1.165, 1.54) is 22.2 Å². The van der Waals surface area contributed by atoms with Gasteiger partial charge in [-0.05, 0) is 28.3 Å².